The van der Waals surface area contributed by atoms with E-state index in [-0.39, 0.29) is 6.04 Å². The Balaban J connectivity index is 2.12. The number of benzene rings is 1. The number of aromatic amines is 1. The number of carboxylic acids is 1. The second-order valence-corrected chi connectivity index (χ2v) is 5.56. The third-order valence-electron chi connectivity index (χ3n) is 4.17. The highest BCUT2D eigenvalue weighted by Crippen LogP contribution is 2.34. The molecular formula is C16H20N2O3. The van der Waals surface area contributed by atoms with Crippen LogP contribution >= 0.6 is 0 Å². The molecule has 2 unspecified atom stereocenters. The molecule has 2 heterocycles. The molecule has 0 radical (unpaired) electrons. The quantitative estimate of drug-likeness (QED) is 0.808. The Hall–Kier alpha value is -2.01. The van der Waals surface area contributed by atoms with Crippen molar-refractivity contribution in [3.63, 3.8) is 0 Å². The van der Waals surface area contributed by atoms with Crippen molar-refractivity contribution in [1.82, 2.24) is 10.3 Å². The molecule has 0 saturated heterocycles. The highest BCUT2D eigenvalue weighted by atomic mass is 16.5. The summed E-state index contributed by atoms with van der Waals surface area (Å²) in [6, 6.07) is 5.35. The Kier molecular flexibility index (Phi) is 3.59. The molecule has 0 bridgehead atoms. The summed E-state index contributed by atoms with van der Waals surface area (Å²) in [5, 5.41) is 13.8. The number of nitrogens with one attached hydrogen (secondary N) is 2. The Morgan fingerprint density at radius 1 is 1.48 bits per heavy atom. The molecular weight excluding hydrogens is 268 g/mol. The first-order valence-electron chi connectivity index (χ1n) is 7.31. The van der Waals surface area contributed by atoms with Gasteiger partial charge in [0.1, 0.15) is 11.8 Å². The predicted molar refractivity (Wildman–Crippen MR) is 80.8 cm³/mol. The molecule has 5 nitrogen and oxygen atoms in total. The molecule has 0 fully saturated rings. The smallest absolute Gasteiger partial charge is 0.326 e. The van der Waals surface area contributed by atoms with Gasteiger partial charge in [-0.3, -0.25) is 10.1 Å². The maximum absolute atomic E-state index is 11.6. The van der Waals surface area contributed by atoms with Gasteiger partial charge in [0.15, 0.2) is 0 Å². The van der Waals surface area contributed by atoms with Crippen LogP contribution in [0.15, 0.2) is 18.2 Å². The van der Waals surface area contributed by atoms with E-state index in [9.17, 15) is 9.90 Å². The van der Waals surface area contributed by atoms with Gasteiger partial charge >= 0.3 is 5.97 Å². The summed E-state index contributed by atoms with van der Waals surface area (Å²) < 4.78 is 5.29. The van der Waals surface area contributed by atoms with Crippen LogP contribution in [0.25, 0.3) is 10.9 Å². The fourth-order valence-corrected chi connectivity index (χ4v) is 3.19. The number of methoxy groups -OCH3 is 1. The Morgan fingerprint density at radius 3 is 2.95 bits per heavy atom. The van der Waals surface area contributed by atoms with Crippen LogP contribution in [-0.4, -0.2) is 29.2 Å². The number of aromatic nitrogens is 1. The van der Waals surface area contributed by atoms with Crippen molar-refractivity contribution in [2.24, 2.45) is 0 Å². The van der Waals surface area contributed by atoms with E-state index in [0.29, 0.717) is 0 Å². The molecule has 2 aromatic rings. The van der Waals surface area contributed by atoms with Gasteiger partial charge in [-0.2, -0.15) is 0 Å². The van der Waals surface area contributed by atoms with Crippen molar-refractivity contribution in [1.29, 1.82) is 0 Å². The van der Waals surface area contributed by atoms with Crippen LogP contribution in [0.1, 0.15) is 37.1 Å². The summed E-state index contributed by atoms with van der Waals surface area (Å²) >= 11 is 0. The molecule has 3 N–H and O–H groups in total. The van der Waals surface area contributed by atoms with Gasteiger partial charge in [-0.15, -0.1) is 0 Å². The Morgan fingerprint density at radius 2 is 2.29 bits per heavy atom. The van der Waals surface area contributed by atoms with Crippen LogP contribution in [0.3, 0.4) is 0 Å². The zero-order valence-corrected chi connectivity index (χ0v) is 12.3. The van der Waals surface area contributed by atoms with Crippen molar-refractivity contribution >= 4 is 16.9 Å². The number of H-pyrrole nitrogens is 1. The van der Waals surface area contributed by atoms with Gasteiger partial charge in [-0.05, 0) is 36.6 Å². The van der Waals surface area contributed by atoms with Crippen molar-refractivity contribution in [2.45, 2.75) is 38.3 Å². The molecule has 2 atom stereocenters. The van der Waals surface area contributed by atoms with Crippen LogP contribution in [0.5, 0.6) is 5.75 Å². The molecule has 1 aromatic heterocycles. The minimum absolute atomic E-state index is 0.203. The van der Waals surface area contributed by atoms with E-state index < -0.39 is 12.0 Å². The van der Waals surface area contributed by atoms with E-state index in [0.717, 1.165) is 47.2 Å². The molecule has 0 amide bonds. The van der Waals surface area contributed by atoms with Crippen molar-refractivity contribution in [2.75, 3.05) is 7.11 Å². The van der Waals surface area contributed by atoms with E-state index in [1.165, 1.54) is 0 Å². The van der Waals surface area contributed by atoms with E-state index in [1.807, 2.05) is 18.2 Å². The maximum atomic E-state index is 11.6. The number of fused-ring (bicyclic) bond motifs is 3. The topological polar surface area (TPSA) is 74.4 Å². The molecule has 112 valence electrons. The minimum Gasteiger partial charge on any atom is -0.497 e. The first-order chi connectivity index (χ1) is 10.1. The molecule has 1 aliphatic heterocycles. The van der Waals surface area contributed by atoms with Gasteiger partial charge in [0.25, 0.3) is 0 Å². The highest BCUT2D eigenvalue weighted by molar-refractivity contribution is 5.89. The summed E-state index contributed by atoms with van der Waals surface area (Å²) in [6.45, 7) is 2.12. The summed E-state index contributed by atoms with van der Waals surface area (Å²) in [7, 11) is 1.64. The fraction of sp³-hybridized carbons (Fsp3) is 0.438. The average Bonchev–Trinajstić information content (AvgIpc) is 2.84. The predicted octanol–water partition coefficient (Wildman–Crippen LogP) is 2.62. The molecule has 0 aliphatic carbocycles. The van der Waals surface area contributed by atoms with Crippen LogP contribution in [0, 0.1) is 0 Å². The van der Waals surface area contributed by atoms with Gasteiger partial charge in [0.05, 0.1) is 7.11 Å². The third-order valence-corrected chi connectivity index (χ3v) is 4.17. The first kappa shape index (κ1) is 13.9. The number of ether oxygens (including phenoxy) is 1. The monoisotopic (exact) mass is 288 g/mol. The molecule has 0 saturated carbocycles. The number of hydrogen-bond donors (Lipinski definition) is 3. The minimum atomic E-state index is -0.837. The lowest BCUT2D eigenvalue weighted by molar-refractivity contribution is -0.140. The lowest BCUT2D eigenvalue weighted by atomic mass is 9.92. The van der Waals surface area contributed by atoms with E-state index >= 15 is 0 Å². The summed E-state index contributed by atoms with van der Waals surface area (Å²) in [5.74, 6) is -0.0441. The Bertz CT molecular complexity index is 677. The van der Waals surface area contributed by atoms with Gasteiger partial charge in [-0.25, -0.2) is 0 Å². The largest absolute Gasteiger partial charge is 0.497 e. The molecule has 3 rings (SSSR count). The molecule has 5 heteroatoms. The SMILES string of the molecule is CCCC1Cc2c([nH]c3ccc(OC)cc23)C(C(=O)O)N1. The van der Waals surface area contributed by atoms with Crippen LogP contribution in [0.4, 0.5) is 0 Å². The lowest BCUT2D eigenvalue weighted by Gasteiger charge is -2.29. The summed E-state index contributed by atoms with van der Waals surface area (Å²) in [4.78, 5) is 14.8. The highest BCUT2D eigenvalue weighted by Gasteiger charge is 2.33. The van der Waals surface area contributed by atoms with Crippen molar-refractivity contribution in [3.05, 3.63) is 29.5 Å². The normalized spacial score (nSPS) is 21.2. The second kappa shape index (κ2) is 5.41. The van der Waals surface area contributed by atoms with E-state index in [4.69, 9.17) is 4.74 Å². The number of carboxylic acid groups (broad SMARTS) is 1. The first-order valence-corrected chi connectivity index (χ1v) is 7.31. The summed E-state index contributed by atoms with van der Waals surface area (Å²) in [6.07, 6.45) is 2.85. The number of hydrogen-bond acceptors (Lipinski definition) is 3. The summed E-state index contributed by atoms with van der Waals surface area (Å²) in [5.41, 5.74) is 2.85. The zero-order chi connectivity index (χ0) is 15.0. The van der Waals surface area contributed by atoms with Crippen molar-refractivity contribution < 1.29 is 14.6 Å². The molecule has 1 aromatic carbocycles. The van der Waals surface area contributed by atoms with Gasteiger partial charge < -0.3 is 14.8 Å². The van der Waals surface area contributed by atoms with Crippen molar-refractivity contribution in [3.8, 4) is 5.75 Å². The average molecular weight is 288 g/mol. The van der Waals surface area contributed by atoms with Crippen LogP contribution in [-0.2, 0) is 11.2 Å². The molecule has 21 heavy (non-hydrogen) atoms. The van der Waals surface area contributed by atoms with Gasteiger partial charge in [-0.1, -0.05) is 13.3 Å². The maximum Gasteiger partial charge on any atom is 0.326 e. The number of aliphatic carboxylic acids is 1. The zero-order valence-electron chi connectivity index (χ0n) is 12.3. The second-order valence-electron chi connectivity index (χ2n) is 5.56. The van der Waals surface area contributed by atoms with Gasteiger partial charge in [0, 0.05) is 22.6 Å². The Labute approximate surface area is 123 Å². The fourth-order valence-electron chi connectivity index (χ4n) is 3.19. The van der Waals surface area contributed by atoms with E-state index in [1.54, 1.807) is 7.11 Å². The number of carbonyl (C=O) groups is 1. The lowest BCUT2D eigenvalue weighted by Crippen LogP contribution is -2.42. The molecule has 0 spiro atoms. The van der Waals surface area contributed by atoms with Gasteiger partial charge in [0.2, 0.25) is 0 Å². The molecule has 1 aliphatic rings. The van der Waals surface area contributed by atoms with Crippen LogP contribution < -0.4 is 10.1 Å². The number of rotatable bonds is 4. The van der Waals surface area contributed by atoms with Crippen LogP contribution in [0.2, 0.25) is 0 Å². The third kappa shape index (κ3) is 2.38. The standard InChI is InChI=1S/C16H20N2O3/c1-3-4-9-7-12-11-8-10(21-2)5-6-13(11)18-14(12)15(17-9)16(19)20/h5-6,8-9,15,17-18H,3-4,7H2,1-2H3,(H,19,20). The van der Waals surface area contributed by atoms with E-state index in [2.05, 4.69) is 17.2 Å².